The molecule has 3 atom stereocenters. The third-order valence-corrected chi connectivity index (χ3v) is 5.58. The highest BCUT2D eigenvalue weighted by Crippen LogP contribution is 2.17. The van der Waals surface area contributed by atoms with Gasteiger partial charge in [0.1, 0.15) is 6.10 Å². The fourth-order valence-electron chi connectivity index (χ4n) is 3.96. The molecule has 0 aliphatic carbocycles. The number of hydrogen-bond acceptors (Lipinski definition) is 4. The second-order valence-corrected chi connectivity index (χ2v) is 8.61. The van der Waals surface area contributed by atoms with Crippen LogP contribution in [-0.4, -0.2) is 34.5 Å². The van der Waals surface area contributed by atoms with Gasteiger partial charge in [-0.25, -0.2) is 4.79 Å². The molecule has 4 nitrogen and oxygen atoms in total. The van der Waals surface area contributed by atoms with Crippen LogP contribution in [0.3, 0.4) is 0 Å². The summed E-state index contributed by atoms with van der Waals surface area (Å²) in [4.78, 5) is 12.1. The summed E-state index contributed by atoms with van der Waals surface area (Å²) in [6.45, 7) is 1.69. The summed E-state index contributed by atoms with van der Waals surface area (Å²) < 4.78 is 5.50. The zero-order valence-electron chi connectivity index (χ0n) is 18.1. The summed E-state index contributed by atoms with van der Waals surface area (Å²) in [6, 6.07) is 0. The zero-order valence-corrected chi connectivity index (χ0v) is 18.1. The van der Waals surface area contributed by atoms with Gasteiger partial charge in [0, 0.05) is 18.9 Å². The Balaban J connectivity index is 2.47. The minimum absolute atomic E-state index is 0.361. The Morgan fingerprint density at radius 1 is 0.929 bits per heavy atom. The molecule has 0 unspecified atom stereocenters. The van der Waals surface area contributed by atoms with E-state index in [-0.39, 0.29) is 5.97 Å². The second kappa shape index (κ2) is 17.0. The van der Waals surface area contributed by atoms with E-state index in [2.05, 4.69) is 0 Å². The van der Waals surface area contributed by atoms with Gasteiger partial charge < -0.3 is 14.9 Å². The van der Waals surface area contributed by atoms with Gasteiger partial charge in [0.15, 0.2) is 0 Å². The topological polar surface area (TPSA) is 66.8 Å². The molecule has 4 heteroatoms. The number of aliphatic hydroxyl groups is 2. The van der Waals surface area contributed by atoms with Gasteiger partial charge in [0.2, 0.25) is 0 Å². The lowest BCUT2D eigenvalue weighted by molar-refractivity contribution is -0.145. The van der Waals surface area contributed by atoms with E-state index in [1.165, 1.54) is 70.3 Å². The van der Waals surface area contributed by atoms with E-state index in [0.717, 1.165) is 32.1 Å². The molecule has 1 heterocycles. The maximum Gasteiger partial charge on any atom is 0.330 e. The summed E-state index contributed by atoms with van der Waals surface area (Å²) in [5.41, 5.74) is 0. The molecule has 0 aromatic rings. The standard InChI is InChI=1S/C24H44O4/c1-21(25)19-23-20-22(26)17-15-13-11-9-7-5-3-2-4-6-8-10-12-14-16-18-24(27)28-23/h16,18,21-23,25-26H,2-15,17,19-20H2,1H3/t21-,22-,23-/m1/s1. The van der Waals surface area contributed by atoms with Crippen molar-refractivity contribution in [1.82, 2.24) is 0 Å². The third kappa shape index (κ3) is 15.1. The Bertz CT molecular complexity index is 405. The Kier molecular flexibility index (Phi) is 15.3. The first kappa shape index (κ1) is 25.2. The van der Waals surface area contributed by atoms with Crippen LogP contribution >= 0.6 is 0 Å². The average molecular weight is 397 g/mol. The monoisotopic (exact) mass is 396 g/mol. The number of ether oxygens (including phenoxy) is 1. The second-order valence-electron chi connectivity index (χ2n) is 8.61. The highest BCUT2D eigenvalue weighted by atomic mass is 16.5. The van der Waals surface area contributed by atoms with E-state index >= 15 is 0 Å². The molecule has 0 aromatic carbocycles. The van der Waals surface area contributed by atoms with Gasteiger partial charge in [-0.05, 0) is 26.2 Å². The van der Waals surface area contributed by atoms with Crippen molar-refractivity contribution in [2.24, 2.45) is 0 Å². The van der Waals surface area contributed by atoms with Crippen LogP contribution in [0.25, 0.3) is 0 Å². The van der Waals surface area contributed by atoms with Crippen molar-refractivity contribution in [2.75, 3.05) is 0 Å². The Morgan fingerprint density at radius 3 is 1.96 bits per heavy atom. The van der Waals surface area contributed by atoms with E-state index in [1.807, 2.05) is 6.08 Å². The Morgan fingerprint density at radius 2 is 1.43 bits per heavy atom. The number of rotatable bonds is 2. The van der Waals surface area contributed by atoms with Gasteiger partial charge in [-0.3, -0.25) is 0 Å². The normalized spacial score (nSPS) is 27.2. The van der Waals surface area contributed by atoms with Gasteiger partial charge in [-0.2, -0.15) is 0 Å². The summed E-state index contributed by atoms with van der Waals surface area (Å²) in [5.74, 6) is -0.361. The highest BCUT2D eigenvalue weighted by molar-refractivity contribution is 5.82. The van der Waals surface area contributed by atoms with E-state index in [0.29, 0.717) is 12.8 Å². The number of carbonyl (C=O) groups excluding carboxylic acids is 1. The minimum Gasteiger partial charge on any atom is -0.459 e. The molecule has 0 amide bonds. The maximum absolute atomic E-state index is 12.1. The summed E-state index contributed by atoms with van der Waals surface area (Å²) in [5, 5.41) is 20.0. The number of esters is 1. The Labute approximate surface area is 172 Å². The van der Waals surface area contributed by atoms with Gasteiger partial charge in [0.25, 0.3) is 0 Å². The van der Waals surface area contributed by atoms with Crippen LogP contribution in [-0.2, 0) is 9.53 Å². The van der Waals surface area contributed by atoms with Crippen LogP contribution in [0.15, 0.2) is 12.2 Å². The quantitative estimate of drug-likeness (QED) is 0.575. The smallest absolute Gasteiger partial charge is 0.330 e. The molecule has 1 rings (SSSR count). The fourth-order valence-corrected chi connectivity index (χ4v) is 3.96. The molecule has 2 N–H and O–H groups in total. The number of carbonyl (C=O) groups is 1. The molecule has 0 aromatic heterocycles. The summed E-state index contributed by atoms with van der Waals surface area (Å²) in [6.07, 6.45) is 20.8. The van der Waals surface area contributed by atoms with Crippen LogP contribution in [0, 0.1) is 0 Å². The van der Waals surface area contributed by atoms with Crippen molar-refractivity contribution in [3.63, 3.8) is 0 Å². The molecule has 1 aliphatic rings. The van der Waals surface area contributed by atoms with Crippen molar-refractivity contribution < 1.29 is 19.7 Å². The largest absolute Gasteiger partial charge is 0.459 e. The fraction of sp³-hybridized carbons (Fsp3) is 0.875. The van der Waals surface area contributed by atoms with Crippen LogP contribution in [0.5, 0.6) is 0 Å². The van der Waals surface area contributed by atoms with E-state index < -0.39 is 18.3 Å². The molecule has 0 bridgehead atoms. The van der Waals surface area contributed by atoms with Crippen molar-refractivity contribution in [1.29, 1.82) is 0 Å². The van der Waals surface area contributed by atoms with E-state index in [9.17, 15) is 15.0 Å². The lowest BCUT2D eigenvalue weighted by Crippen LogP contribution is -2.26. The van der Waals surface area contributed by atoms with Crippen molar-refractivity contribution >= 4 is 5.97 Å². The van der Waals surface area contributed by atoms with Gasteiger partial charge in [-0.1, -0.05) is 83.1 Å². The molecule has 1 aliphatic heterocycles. The summed E-state index contributed by atoms with van der Waals surface area (Å²) >= 11 is 0. The van der Waals surface area contributed by atoms with Crippen LogP contribution < -0.4 is 0 Å². The molecular formula is C24H44O4. The highest BCUT2D eigenvalue weighted by Gasteiger charge is 2.19. The first-order valence-electron chi connectivity index (χ1n) is 11.8. The molecule has 0 radical (unpaired) electrons. The van der Waals surface area contributed by atoms with Crippen LogP contribution in [0.1, 0.15) is 116 Å². The predicted molar refractivity (Wildman–Crippen MR) is 115 cm³/mol. The average Bonchev–Trinajstić information content (AvgIpc) is 2.62. The third-order valence-electron chi connectivity index (χ3n) is 5.58. The molecule has 0 saturated heterocycles. The number of cyclic esters (lactones) is 1. The lowest BCUT2D eigenvalue weighted by atomic mass is 10.00. The number of aliphatic hydroxyl groups excluding tert-OH is 2. The minimum atomic E-state index is -0.549. The molecule has 0 spiro atoms. The van der Waals surface area contributed by atoms with Crippen molar-refractivity contribution in [3.8, 4) is 0 Å². The van der Waals surface area contributed by atoms with Gasteiger partial charge in [0.05, 0.1) is 12.2 Å². The van der Waals surface area contributed by atoms with Gasteiger partial charge >= 0.3 is 5.97 Å². The van der Waals surface area contributed by atoms with Crippen molar-refractivity contribution in [3.05, 3.63) is 12.2 Å². The van der Waals surface area contributed by atoms with E-state index in [4.69, 9.17) is 4.74 Å². The molecule has 164 valence electrons. The molecule has 0 saturated carbocycles. The molecule has 0 fully saturated rings. The molecular weight excluding hydrogens is 352 g/mol. The van der Waals surface area contributed by atoms with Crippen LogP contribution in [0.2, 0.25) is 0 Å². The van der Waals surface area contributed by atoms with E-state index in [1.54, 1.807) is 6.92 Å². The number of allylic oxidation sites excluding steroid dienone is 1. The first-order chi connectivity index (χ1) is 13.6. The number of hydrogen-bond donors (Lipinski definition) is 2. The zero-order chi connectivity index (χ0) is 20.5. The van der Waals surface area contributed by atoms with Crippen molar-refractivity contribution in [2.45, 2.75) is 134 Å². The first-order valence-corrected chi connectivity index (χ1v) is 11.8. The summed E-state index contributed by atoms with van der Waals surface area (Å²) in [7, 11) is 0. The SMILES string of the molecule is C[C@@H](O)C[C@@H]1C[C@H](O)CCCCCCCCCCCCCCCC=CC(=O)O1. The Hall–Kier alpha value is -0.870. The maximum atomic E-state index is 12.1. The van der Waals surface area contributed by atoms with Crippen LogP contribution in [0.4, 0.5) is 0 Å². The lowest BCUT2D eigenvalue weighted by Gasteiger charge is -2.21. The predicted octanol–water partition coefficient (Wildman–Crippen LogP) is 5.84. The molecule has 28 heavy (non-hydrogen) atoms. The van der Waals surface area contributed by atoms with Gasteiger partial charge in [-0.15, -0.1) is 0 Å².